The minimum absolute atomic E-state index is 0.141. The van der Waals surface area contributed by atoms with Crippen molar-refractivity contribution in [2.45, 2.75) is 32.7 Å². The summed E-state index contributed by atoms with van der Waals surface area (Å²) in [6.45, 7) is 4.80. The van der Waals surface area contributed by atoms with Crippen LogP contribution in [0.3, 0.4) is 0 Å². The van der Waals surface area contributed by atoms with E-state index in [-0.39, 0.29) is 12.5 Å². The van der Waals surface area contributed by atoms with Gasteiger partial charge in [0.05, 0.1) is 6.42 Å². The van der Waals surface area contributed by atoms with Crippen LogP contribution in [0.4, 0.5) is 0 Å². The zero-order valence-electron chi connectivity index (χ0n) is 6.55. The van der Waals surface area contributed by atoms with Gasteiger partial charge in [0.1, 0.15) is 0 Å². The van der Waals surface area contributed by atoms with Crippen molar-refractivity contribution >= 4 is 5.97 Å². The molecule has 3 heteroatoms. The van der Waals surface area contributed by atoms with Crippen LogP contribution in [-0.2, 0) is 4.79 Å². The maximum absolute atomic E-state index is 10.2. The standard InChI is InChI=1S/C7H15NO2/c1-3-6(8-4-2)5-7(9)10/h6,8H,3-5H2,1-2H3,(H,9,10). The highest BCUT2D eigenvalue weighted by Gasteiger charge is 2.07. The van der Waals surface area contributed by atoms with Crippen LogP contribution in [-0.4, -0.2) is 23.7 Å². The van der Waals surface area contributed by atoms with Crippen LogP contribution in [0, 0.1) is 0 Å². The number of carboxylic acid groups (broad SMARTS) is 1. The molecular weight excluding hydrogens is 130 g/mol. The van der Waals surface area contributed by atoms with Crippen molar-refractivity contribution in [1.82, 2.24) is 5.32 Å². The molecule has 60 valence electrons. The second-order valence-electron chi connectivity index (χ2n) is 2.26. The zero-order chi connectivity index (χ0) is 7.98. The van der Waals surface area contributed by atoms with Gasteiger partial charge in [0, 0.05) is 6.04 Å². The first-order valence-electron chi connectivity index (χ1n) is 3.65. The number of rotatable bonds is 5. The van der Waals surface area contributed by atoms with Crippen molar-refractivity contribution in [1.29, 1.82) is 0 Å². The molecule has 0 bridgehead atoms. The van der Waals surface area contributed by atoms with E-state index >= 15 is 0 Å². The number of aliphatic carboxylic acids is 1. The second kappa shape index (κ2) is 5.23. The average Bonchev–Trinajstić information content (AvgIpc) is 1.86. The van der Waals surface area contributed by atoms with Gasteiger partial charge in [-0.1, -0.05) is 13.8 Å². The summed E-state index contributed by atoms with van der Waals surface area (Å²) in [4.78, 5) is 10.2. The molecule has 2 N–H and O–H groups in total. The third kappa shape index (κ3) is 4.32. The summed E-state index contributed by atoms with van der Waals surface area (Å²) in [6, 6.07) is 0.141. The van der Waals surface area contributed by atoms with Gasteiger partial charge in [-0.15, -0.1) is 0 Å². The predicted molar refractivity (Wildman–Crippen MR) is 40.0 cm³/mol. The maximum Gasteiger partial charge on any atom is 0.304 e. The smallest absolute Gasteiger partial charge is 0.304 e. The number of carbonyl (C=O) groups is 1. The number of carboxylic acids is 1. The van der Waals surface area contributed by atoms with Crippen molar-refractivity contribution < 1.29 is 9.90 Å². The highest BCUT2D eigenvalue weighted by atomic mass is 16.4. The van der Waals surface area contributed by atoms with Gasteiger partial charge < -0.3 is 10.4 Å². The number of hydrogen-bond acceptors (Lipinski definition) is 2. The molecule has 0 aromatic rings. The van der Waals surface area contributed by atoms with E-state index in [0.29, 0.717) is 0 Å². The predicted octanol–water partition coefficient (Wildman–Crippen LogP) is 0.849. The van der Waals surface area contributed by atoms with Gasteiger partial charge in [-0.2, -0.15) is 0 Å². The molecule has 10 heavy (non-hydrogen) atoms. The van der Waals surface area contributed by atoms with Crippen LogP contribution in [0.1, 0.15) is 26.7 Å². The van der Waals surface area contributed by atoms with Crippen LogP contribution in [0.2, 0.25) is 0 Å². The Morgan fingerprint density at radius 2 is 2.20 bits per heavy atom. The van der Waals surface area contributed by atoms with E-state index in [2.05, 4.69) is 5.32 Å². The van der Waals surface area contributed by atoms with Gasteiger partial charge in [-0.25, -0.2) is 0 Å². The fourth-order valence-electron chi connectivity index (χ4n) is 0.860. The molecule has 0 saturated heterocycles. The molecule has 0 fully saturated rings. The topological polar surface area (TPSA) is 49.3 Å². The summed E-state index contributed by atoms with van der Waals surface area (Å²) in [7, 11) is 0. The molecule has 0 amide bonds. The van der Waals surface area contributed by atoms with Crippen LogP contribution in [0.15, 0.2) is 0 Å². The fraction of sp³-hybridized carbons (Fsp3) is 0.857. The van der Waals surface area contributed by atoms with Gasteiger partial charge in [-0.05, 0) is 13.0 Å². The minimum Gasteiger partial charge on any atom is -0.481 e. The molecule has 0 rings (SSSR count). The van der Waals surface area contributed by atoms with Crippen molar-refractivity contribution in [3.63, 3.8) is 0 Å². The molecule has 0 aliphatic heterocycles. The van der Waals surface area contributed by atoms with Gasteiger partial charge >= 0.3 is 5.97 Å². The summed E-state index contributed by atoms with van der Waals surface area (Å²) in [5, 5.41) is 11.5. The minimum atomic E-state index is -0.729. The van der Waals surface area contributed by atoms with E-state index in [1.54, 1.807) is 0 Å². The molecule has 0 aliphatic rings. The number of nitrogens with one attached hydrogen (secondary N) is 1. The van der Waals surface area contributed by atoms with Crippen LogP contribution < -0.4 is 5.32 Å². The van der Waals surface area contributed by atoms with Crippen molar-refractivity contribution in [3.8, 4) is 0 Å². The van der Waals surface area contributed by atoms with E-state index < -0.39 is 5.97 Å². The summed E-state index contributed by atoms with van der Waals surface area (Å²) in [5.41, 5.74) is 0. The quantitative estimate of drug-likeness (QED) is 0.603. The number of hydrogen-bond donors (Lipinski definition) is 2. The van der Waals surface area contributed by atoms with Crippen LogP contribution in [0.25, 0.3) is 0 Å². The van der Waals surface area contributed by atoms with Crippen molar-refractivity contribution in [2.75, 3.05) is 6.54 Å². The van der Waals surface area contributed by atoms with Crippen LogP contribution >= 0.6 is 0 Å². The van der Waals surface area contributed by atoms with Gasteiger partial charge in [0.2, 0.25) is 0 Å². The van der Waals surface area contributed by atoms with Gasteiger partial charge in [-0.3, -0.25) is 4.79 Å². The molecular formula is C7H15NO2. The zero-order valence-corrected chi connectivity index (χ0v) is 6.55. The summed E-state index contributed by atoms with van der Waals surface area (Å²) >= 11 is 0. The Kier molecular flexibility index (Phi) is 4.94. The Labute approximate surface area is 61.4 Å². The Morgan fingerprint density at radius 1 is 1.60 bits per heavy atom. The molecule has 0 aliphatic carbocycles. The van der Waals surface area contributed by atoms with Crippen molar-refractivity contribution in [2.24, 2.45) is 0 Å². The lowest BCUT2D eigenvalue weighted by Gasteiger charge is -2.11. The fourth-order valence-corrected chi connectivity index (χ4v) is 0.860. The SMILES string of the molecule is CCNC(CC)CC(=O)O. The normalized spacial score (nSPS) is 13.0. The lowest BCUT2D eigenvalue weighted by molar-refractivity contribution is -0.137. The largest absolute Gasteiger partial charge is 0.481 e. The highest BCUT2D eigenvalue weighted by molar-refractivity contribution is 5.67. The second-order valence-corrected chi connectivity index (χ2v) is 2.26. The first-order valence-corrected chi connectivity index (χ1v) is 3.65. The molecule has 0 radical (unpaired) electrons. The van der Waals surface area contributed by atoms with E-state index in [1.807, 2.05) is 13.8 Å². The molecule has 0 heterocycles. The average molecular weight is 145 g/mol. The highest BCUT2D eigenvalue weighted by Crippen LogP contribution is 1.95. The molecule has 1 unspecified atom stereocenters. The lowest BCUT2D eigenvalue weighted by Crippen LogP contribution is -2.30. The van der Waals surface area contributed by atoms with Crippen molar-refractivity contribution in [3.05, 3.63) is 0 Å². The Hall–Kier alpha value is -0.570. The van der Waals surface area contributed by atoms with Crippen LogP contribution in [0.5, 0.6) is 0 Å². The molecule has 3 nitrogen and oxygen atoms in total. The van der Waals surface area contributed by atoms with E-state index in [0.717, 1.165) is 13.0 Å². The summed E-state index contributed by atoms with van der Waals surface area (Å²) in [5.74, 6) is -0.729. The van der Waals surface area contributed by atoms with E-state index in [1.165, 1.54) is 0 Å². The monoisotopic (exact) mass is 145 g/mol. The first-order chi connectivity index (χ1) is 4.70. The first kappa shape index (κ1) is 9.43. The molecule has 0 aromatic carbocycles. The van der Waals surface area contributed by atoms with Gasteiger partial charge in [0.25, 0.3) is 0 Å². The molecule has 1 atom stereocenters. The third-order valence-electron chi connectivity index (χ3n) is 1.41. The van der Waals surface area contributed by atoms with Gasteiger partial charge in [0.15, 0.2) is 0 Å². The Bertz CT molecular complexity index is 104. The molecule has 0 aromatic heterocycles. The molecule has 0 spiro atoms. The summed E-state index contributed by atoms with van der Waals surface area (Å²) < 4.78 is 0. The Morgan fingerprint density at radius 3 is 2.50 bits per heavy atom. The van der Waals surface area contributed by atoms with E-state index in [4.69, 9.17) is 5.11 Å². The maximum atomic E-state index is 10.2. The lowest BCUT2D eigenvalue weighted by atomic mass is 10.1. The van der Waals surface area contributed by atoms with E-state index in [9.17, 15) is 4.79 Å². The third-order valence-corrected chi connectivity index (χ3v) is 1.41. The Balaban J connectivity index is 3.49. The summed E-state index contributed by atoms with van der Waals surface area (Å²) in [6.07, 6.45) is 1.10. The molecule has 0 saturated carbocycles.